The summed E-state index contributed by atoms with van der Waals surface area (Å²) >= 11 is 0. The average Bonchev–Trinajstić information content (AvgIpc) is 2.54. The Bertz CT molecular complexity index is 745. The molecule has 6 nitrogen and oxygen atoms in total. The smallest absolute Gasteiger partial charge is 0.311 e. The van der Waals surface area contributed by atoms with Gasteiger partial charge in [0.2, 0.25) is 0 Å². The number of carbonyl (C=O) groups is 1. The minimum Gasteiger partial charge on any atom is -0.487 e. The van der Waals surface area contributed by atoms with Crippen molar-refractivity contribution in [3.05, 3.63) is 69.5 Å². The summed E-state index contributed by atoms with van der Waals surface area (Å²) < 4.78 is 18.2. The van der Waals surface area contributed by atoms with Gasteiger partial charge in [0.25, 0.3) is 0 Å². The second-order valence-electron chi connectivity index (χ2n) is 5.14. The van der Waals surface area contributed by atoms with Crippen molar-refractivity contribution in [2.75, 3.05) is 6.61 Å². The van der Waals surface area contributed by atoms with Crippen molar-refractivity contribution < 1.29 is 24.0 Å². The van der Waals surface area contributed by atoms with Crippen molar-refractivity contribution in [3.8, 4) is 5.75 Å². The first kappa shape index (κ1) is 17.4. The Morgan fingerprint density at radius 1 is 1.29 bits per heavy atom. The molecular weight excluding hydrogens is 317 g/mol. The maximum Gasteiger partial charge on any atom is 0.311 e. The zero-order valence-corrected chi connectivity index (χ0v) is 12.9. The molecule has 0 aliphatic carbocycles. The van der Waals surface area contributed by atoms with E-state index in [1.54, 1.807) is 13.0 Å². The number of halogens is 1. The molecule has 0 fully saturated rings. The fraction of sp³-hybridized carbons (Fsp3) is 0.235. The van der Waals surface area contributed by atoms with Gasteiger partial charge in [-0.2, -0.15) is 0 Å². The lowest BCUT2D eigenvalue weighted by atomic mass is 9.92. The summed E-state index contributed by atoms with van der Waals surface area (Å²) in [5.74, 6) is -2.33. The van der Waals surface area contributed by atoms with Crippen LogP contribution >= 0.6 is 0 Å². The van der Waals surface area contributed by atoms with Gasteiger partial charge in [-0.3, -0.25) is 14.9 Å². The minimum absolute atomic E-state index is 0.0498. The highest BCUT2D eigenvalue weighted by Gasteiger charge is 2.23. The zero-order chi connectivity index (χ0) is 17.7. The van der Waals surface area contributed by atoms with E-state index < -0.39 is 22.6 Å². The molecule has 0 bridgehead atoms. The van der Waals surface area contributed by atoms with Crippen LogP contribution in [0, 0.1) is 15.9 Å². The van der Waals surface area contributed by atoms with Gasteiger partial charge in [0.05, 0.1) is 17.4 Å². The Morgan fingerprint density at radius 2 is 1.96 bits per heavy atom. The van der Waals surface area contributed by atoms with Gasteiger partial charge in [-0.15, -0.1) is 0 Å². The second-order valence-corrected chi connectivity index (χ2v) is 5.14. The van der Waals surface area contributed by atoms with Gasteiger partial charge in [-0.25, -0.2) is 4.39 Å². The van der Waals surface area contributed by atoms with Gasteiger partial charge in [0, 0.05) is 6.07 Å². The summed E-state index contributed by atoms with van der Waals surface area (Å²) in [6.45, 7) is 2.00. The van der Waals surface area contributed by atoms with Crippen LogP contribution in [0.1, 0.15) is 24.0 Å². The third-order valence-corrected chi connectivity index (χ3v) is 3.53. The van der Waals surface area contributed by atoms with E-state index in [0.717, 1.165) is 0 Å². The Morgan fingerprint density at radius 3 is 2.50 bits per heavy atom. The number of carboxylic acid groups (broad SMARTS) is 1. The molecule has 7 heteroatoms. The van der Waals surface area contributed by atoms with E-state index in [0.29, 0.717) is 11.1 Å². The molecule has 2 rings (SSSR count). The number of nitro groups is 1. The molecule has 1 N–H and O–H groups in total. The van der Waals surface area contributed by atoms with Crippen LogP contribution < -0.4 is 4.74 Å². The lowest BCUT2D eigenvalue weighted by molar-refractivity contribution is -0.385. The van der Waals surface area contributed by atoms with E-state index in [1.807, 2.05) is 0 Å². The number of ether oxygens (including phenoxy) is 1. The highest BCUT2D eigenvalue weighted by atomic mass is 19.1. The molecule has 0 radical (unpaired) electrons. The largest absolute Gasteiger partial charge is 0.487 e. The fourth-order valence-corrected chi connectivity index (χ4v) is 2.39. The third kappa shape index (κ3) is 4.07. The molecule has 24 heavy (non-hydrogen) atoms. The molecule has 0 aromatic heterocycles. The normalized spacial score (nSPS) is 11.8. The lowest BCUT2D eigenvalue weighted by Crippen LogP contribution is -2.14. The quantitative estimate of drug-likeness (QED) is 0.618. The Labute approximate surface area is 137 Å². The van der Waals surface area contributed by atoms with Crippen LogP contribution in [-0.2, 0) is 11.2 Å². The molecule has 2 aromatic carbocycles. The topological polar surface area (TPSA) is 89.7 Å². The first-order chi connectivity index (χ1) is 11.4. The van der Waals surface area contributed by atoms with Crippen molar-refractivity contribution in [2.45, 2.75) is 19.3 Å². The molecule has 1 atom stereocenters. The average molecular weight is 333 g/mol. The minimum atomic E-state index is -1.09. The second kappa shape index (κ2) is 7.54. The summed E-state index contributed by atoms with van der Waals surface area (Å²) in [7, 11) is 0. The van der Waals surface area contributed by atoms with Crippen LogP contribution in [-0.4, -0.2) is 22.6 Å². The summed E-state index contributed by atoms with van der Waals surface area (Å²) in [4.78, 5) is 22.1. The number of aliphatic carboxylic acids is 1. The van der Waals surface area contributed by atoms with Gasteiger partial charge in [-0.05, 0) is 42.7 Å². The zero-order valence-electron chi connectivity index (χ0n) is 12.9. The molecule has 0 aliphatic rings. The number of hydrogen-bond donors (Lipinski definition) is 1. The number of nitro benzene ring substituents is 1. The maximum absolute atomic E-state index is 13.0. The van der Waals surface area contributed by atoms with Gasteiger partial charge >= 0.3 is 11.7 Å². The molecule has 0 saturated heterocycles. The van der Waals surface area contributed by atoms with Crippen LogP contribution in [0.3, 0.4) is 0 Å². The first-order valence-corrected chi connectivity index (χ1v) is 7.30. The number of rotatable bonds is 7. The molecule has 0 heterocycles. The van der Waals surface area contributed by atoms with Gasteiger partial charge in [-0.1, -0.05) is 18.2 Å². The van der Waals surface area contributed by atoms with Crippen molar-refractivity contribution in [1.29, 1.82) is 0 Å². The van der Waals surface area contributed by atoms with Gasteiger partial charge in [0.1, 0.15) is 5.82 Å². The molecule has 0 saturated carbocycles. The molecule has 0 aliphatic heterocycles. The third-order valence-electron chi connectivity index (χ3n) is 3.53. The highest BCUT2D eigenvalue weighted by molar-refractivity contribution is 5.76. The molecular formula is C17H16FNO5. The molecule has 2 aromatic rings. The SMILES string of the molecule is CCOc1ccc(CC(C(=O)O)c2ccc(F)cc2)cc1[N+](=O)[O-]. The van der Waals surface area contributed by atoms with Crippen molar-refractivity contribution in [1.82, 2.24) is 0 Å². The maximum atomic E-state index is 13.0. The molecule has 0 spiro atoms. The van der Waals surface area contributed by atoms with Crippen LogP contribution in [0.15, 0.2) is 42.5 Å². The van der Waals surface area contributed by atoms with Crippen LogP contribution in [0.2, 0.25) is 0 Å². The fourth-order valence-electron chi connectivity index (χ4n) is 2.39. The summed E-state index contributed by atoms with van der Waals surface area (Å²) in [5, 5.41) is 20.6. The monoisotopic (exact) mass is 333 g/mol. The predicted molar refractivity (Wildman–Crippen MR) is 84.7 cm³/mol. The van der Waals surface area contributed by atoms with Gasteiger partial charge < -0.3 is 9.84 Å². The van der Waals surface area contributed by atoms with E-state index in [9.17, 15) is 24.4 Å². The van der Waals surface area contributed by atoms with Crippen LogP contribution in [0.4, 0.5) is 10.1 Å². The molecule has 1 unspecified atom stereocenters. The highest BCUT2D eigenvalue weighted by Crippen LogP contribution is 2.30. The number of carboxylic acids is 1. The number of benzene rings is 2. The van der Waals surface area contributed by atoms with Crippen molar-refractivity contribution >= 4 is 11.7 Å². The summed E-state index contributed by atoms with van der Waals surface area (Å²) in [5.41, 5.74) is 0.708. The van der Waals surface area contributed by atoms with E-state index in [1.165, 1.54) is 36.4 Å². The van der Waals surface area contributed by atoms with E-state index in [2.05, 4.69) is 0 Å². The standard InChI is InChI=1S/C17H16FNO5/c1-2-24-16-8-3-11(10-15(16)19(22)23)9-14(17(20)21)12-4-6-13(18)7-5-12/h3-8,10,14H,2,9H2,1H3,(H,20,21). The number of hydrogen-bond acceptors (Lipinski definition) is 4. The van der Waals surface area contributed by atoms with Crippen LogP contribution in [0.25, 0.3) is 0 Å². The lowest BCUT2D eigenvalue weighted by Gasteiger charge is -2.13. The van der Waals surface area contributed by atoms with Crippen LogP contribution in [0.5, 0.6) is 5.75 Å². The molecule has 0 amide bonds. The van der Waals surface area contributed by atoms with E-state index >= 15 is 0 Å². The van der Waals surface area contributed by atoms with E-state index in [-0.39, 0.29) is 24.5 Å². The first-order valence-electron chi connectivity index (χ1n) is 7.30. The molecule has 126 valence electrons. The van der Waals surface area contributed by atoms with Crippen molar-refractivity contribution in [3.63, 3.8) is 0 Å². The summed E-state index contributed by atoms with van der Waals surface area (Å²) in [6.07, 6.45) is 0.0498. The Balaban J connectivity index is 2.32. The summed E-state index contributed by atoms with van der Waals surface area (Å²) in [6, 6.07) is 9.54. The Kier molecular flexibility index (Phi) is 5.47. The van der Waals surface area contributed by atoms with Gasteiger partial charge in [0.15, 0.2) is 5.75 Å². The Hall–Kier alpha value is -2.96. The predicted octanol–water partition coefficient (Wildman–Crippen LogP) is 3.54. The van der Waals surface area contributed by atoms with Crippen molar-refractivity contribution in [2.24, 2.45) is 0 Å². The van der Waals surface area contributed by atoms with E-state index in [4.69, 9.17) is 4.74 Å². The number of nitrogens with zero attached hydrogens (tertiary/aromatic N) is 1.